The van der Waals surface area contributed by atoms with E-state index in [1.807, 2.05) is 19.9 Å². The molecule has 0 aliphatic heterocycles. The van der Waals surface area contributed by atoms with E-state index in [4.69, 9.17) is 11.6 Å². The first-order valence-corrected chi connectivity index (χ1v) is 7.00. The number of aryl methyl sites for hydroxylation is 1. The predicted octanol–water partition coefficient (Wildman–Crippen LogP) is 4.47. The minimum atomic E-state index is -0.458. The summed E-state index contributed by atoms with van der Waals surface area (Å²) in [6, 6.07) is 9.72. The highest BCUT2D eigenvalue weighted by atomic mass is 35.5. The first-order chi connectivity index (χ1) is 10.0. The molecule has 0 unspecified atom stereocenters. The molecule has 3 nitrogen and oxygen atoms in total. The molecule has 0 saturated carbocycles. The number of benzene rings is 2. The summed E-state index contributed by atoms with van der Waals surface area (Å²) in [4.78, 5) is 12.3. The molecule has 0 spiro atoms. The van der Waals surface area contributed by atoms with E-state index in [0.717, 1.165) is 5.56 Å². The molecular weight excluding hydrogens is 291 g/mol. The van der Waals surface area contributed by atoms with Gasteiger partial charge in [0.15, 0.2) is 0 Å². The van der Waals surface area contributed by atoms with Gasteiger partial charge in [-0.2, -0.15) is 0 Å². The standard InChI is InChI=1S/C16H16ClFN2O/c1-3-19-15-11(5-4-6-13(15)18)16(21)20-14-9-10(2)7-8-12(14)17/h4-9,19H,3H2,1-2H3,(H,20,21). The van der Waals surface area contributed by atoms with Gasteiger partial charge in [0.25, 0.3) is 5.91 Å². The molecule has 2 aromatic rings. The minimum Gasteiger partial charge on any atom is -0.382 e. The number of rotatable bonds is 4. The van der Waals surface area contributed by atoms with E-state index in [-0.39, 0.29) is 11.3 Å². The number of para-hydroxylation sites is 1. The van der Waals surface area contributed by atoms with Crippen molar-refractivity contribution >= 4 is 28.9 Å². The Bertz CT molecular complexity index is 673. The van der Waals surface area contributed by atoms with Crippen LogP contribution >= 0.6 is 11.6 Å². The maximum Gasteiger partial charge on any atom is 0.257 e. The van der Waals surface area contributed by atoms with Gasteiger partial charge in [-0.15, -0.1) is 0 Å². The number of anilines is 2. The van der Waals surface area contributed by atoms with Gasteiger partial charge in [-0.3, -0.25) is 4.79 Å². The van der Waals surface area contributed by atoms with Crippen LogP contribution in [0.3, 0.4) is 0 Å². The Hall–Kier alpha value is -2.07. The zero-order valence-electron chi connectivity index (χ0n) is 11.8. The molecule has 0 atom stereocenters. The fourth-order valence-electron chi connectivity index (χ4n) is 1.99. The average Bonchev–Trinajstić information content (AvgIpc) is 2.45. The molecule has 0 aromatic heterocycles. The van der Waals surface area contributed by atoms with Gasteiger partial charge in [0.05, 0.1) is 22.0 Å². The summed E-state index contributed by atoms with van der Waals surface area (Å²) in [6.45, 7) is 4.26. The summed E-state index contributed by atoms with van der Waals surface area (Å²) in [7, 11) is 0. The van der Waals surface area contributed by atoms with Crippen molar-refractivity contribution in [3.8, 4) is 0 Å². The van der Waals surface area contributed by atoms with Crippen LogP contribution in [-0.4, -0.2) is 12.5 Å². The van der Waals surface area contributed by atoms with Gasteiger partial charge >= 0.3 is 0 Å². The van der Waals surface area contributed by atoms with E-state index in [1.165, 1.54) is 12.1 Å². The van der Waals surface area contributed by atoms with Crippen molar-refractivity contribution in [2.75, 3.05) is 17.2 Å². The van der Waals surface area contributed by atoms with E-state index in [2.05, 4.69) is 10.6 Å². The van der Waals surface area contributed by atoms with Crippen molar-refractivity contribution in [1.82, 2.24) is 0 Å². The molecule has 0 aliphatic rings. The van der Waals surface area contributed by atoms with Crippen LogP contribution in [-0.2, 0) is 0 Å². The van der Waals surface area contributed by atoms with Crippen LogP contribution in [0.15, 0.2) is 36.4 Å². The van der Waals surface area contributed by atoms with Gasteiger partial charge in [-0.25, -0.2) is 4.39 Å². The fraction of sp³-hybridized carbons (Fsp3) is 0.188. The molecular formula is C16H16ClFN2O. The van der Waals surface area contributed by atoms with Gasteiger partial charge in [-0.1, -0.05) is 23.7 Å². The number of nitrogens with one attached hydrogen (secondary N) is 2. The number of hydrogen-bond acceptors (Lipinski definition) is 2. The molecule has 0 saturated heterocycles. The number of hydrogen-bond donors (Lipinski definition) is 2. The quantitative estimate of drug-likeness (QED) is 0.875. The zero-order valence-corrected chi connectivity index (χ0v) is 12.6. The molecule has 0 bridgehead atoms. The van der Waals surface area contributed by atoms with Gasteiger partial charge < -0.3 is 10.6 Å². The summed E-state index contributed by atoms with van der Waals surface area (Å²) in [5.41, 5.74) is 1.92. The second-order valence-corrected chi connectivity index (χ2v) is 5.04. The van der Waals surface area contributed by atoms with E-state index >= 15 is 0 Å². The van der Waals surface area contributed by atoms with Crippen molar-refractivity contribution in [2.24, 2.45) is 0 Å². The predicted molar refractivity (Wildman–Crippen MR) is 84.7 cm³/mol. The molecule has 0 heterocycles. The van der Waals surface area contributed by atoms with Crippen LogP contribution in [0.5, 0.6) is 0 Å². The summed E-state index contributed by atoms with van der Waals surface area (Å²) >= 11 is 6.06. The molecule has 21 heavy (non-hydrogen) atoms. The van der Waals surface area contributed by atoms with E-state index in [1.54, 1.807) is 18.2 Å². The Labute approximate surface area is 128 Å². The van der Waals surface area contributed by atoms with Crippen molar-refractivity contribution in [1.29, 1.82) is 0 Å². The van der Waals surface area contributed by atoms with Crippen molar-refractivity contribution < 1.29 is 9.18 Å². The smallest absolute Gasteiger partial charge is 0.257 e. The summed E-state index contributed by atoms with van der Waals surface area (Å²) in [5, 5.41) is 6.02. The molecule has 2 aromatic carbocycles. The Kier molecular flexibility index (Phi) is 4.81. The third-order valence-corrected chi connectivity index (χ3v) is 3.31. The van der Waals surface area contributed by atoms with E-state index in [0.29, 0.717) is 17.3 Å². The van der Waals surface area contributed by atoms with Gasteiger partial charge in [0.2, 0.25) is 0 Å². The van der Waals surface area contributed by atoms with Gasteiger partial charge in [-0.05, 0) is 43.7 Å². The van der Waals surface area contributed by atoms with Gasteiger partial charge in [0.1, 0.15) is 5.82 Å². The SMILES string of the molecule is CCNc1c(F)cccc1C(=O)Nc1cc(C)ccc1Cl. The highest BCUT2D eigenvalue weighted by Gasteiger charge is 2.15. The Balaban J connectivity index is 2.32. The van der Waals surface area contributed by atoms with Crippen molar-refractivity contribution in [2.45, 2.75) is 13.8 Å². The molecule has 2 rings (SSSR count). The number of halogens is 2. The normalized spacial score (nSPS) is 10.3. The lowest BCUT2D eigenvalue weighted by Gasteiger charge is -2.13. The number of carbonyl (C=O) groups is 1. The monoisotopic (exact) mass is 306 g/mol. The van der Waals surface area contributed by atoms with Crippen LogP contribution in [0, 0.1) is 12.7 Å². The summed E-state index contributed by atoms with van der Waals surface area (Å²) in [6.07, 6.45) is 0. The van der Waals surface area contributed by atoms with Crippen LogP contribution in [0.1, 0.15) is 22.8 Å². The second-order valence-electron chi connectivity index (χ2n) is 4.63. The van der Waals surface area contributed by atoms with Crippen LogP contribution in [0.25, 0.3) is 0 Å². The van der Waals surface area contributed by atoms with Crippen LogP contribution < -0.4 is 10.6 Å². The lowest BCUT2D eigenvalue weighted by Crippen LogP contribution is -2.16. The first-order valence-electron chi connectivity index (χ1n) is 6.62. The van der Waals surface area contributed by atoms with Crippen molar-refractivity contribution in [3.63, 3.8) is 0 Å². The average molecular weight is 307 g/mol. The van der Waals surface area contributed by atoms with Crippen LogP contribution in [0.4, 0.5) is 15.8 Å². The third kappa shape index (κ3) is 3.52. The molecule has 2 N–H and O–H groups in total. The lowest BCUT2D eigenvalue weighted by molar-refractivity contribution is 0.102. The minimum absolute atomic E-state index is 0.196. The van der Waals surface area contributed by atoms with Crippen LogP contribution in [0.2, 0.25) is 5.02 Å². The van der Waals surface area contributed by atoms with E-state index < -0.39 is 11.7 Å². The fourth-order valence-corrected chi connectivity index (χ4v) is 2.16. The first kappa shape index (κ1) is 15.3. The Morgan fingerprint density at radius 1 is 1.29 bits per heavy atom. The summed E-state index contributed by atoms with van der Waals surface area (Å²) in [5.74, 6) is -0.863. The highest BCUT2D eigenvalue weighted by Crippen LogP contribution is 2.25. The topological polar surface area (TPSA) is 41.1 Å². The Morgan fingerprint density at radius 2 is 2.05 bits per heavy atom. The summed E-state index contributed by atoms with van der Waals surface area (Å²) < 4.78 is 13.8. The number of carbonyl (C=O) groups excluding carboxylic acids is 1. The van der Waals surface area contributed by atoms with Crippen molar-refractivity contribution in [3.05, 3.63) is 58.4 Å². The largest absolute Gasteiger partial charge is 0.382 e. The zero-order chi connectivity index (χ0) is 15.4. The molecule has 0 radical (unpaired) electrons. The molecule has 5 heteroatoms. The molecule has 0 aliphatic carbocycles. The Morgan fingerprint density at radius 3 is 2.76 bits per heavy atom. The third-order valence-electron chi connectivity index (χ3n) is 2.98. The maximum atomic E-state index is 13.8. The molecule has 1 amide bonds. The second kappa shape index (κ2) is 6.59. The lowest BCUT2D eigenvalue weighted by atomic mass is 10.1. The van der Waals surface area contributed by atoms with Gasteiger partial charge in [0, 0.05) is 6.54 Å². The highest BCUT2D eigenvalue weighted by molar-refractivity contribution is 6.34. The molecule has 0 fully saturated rings. The molecule has 110 valence electrons. The maximum absolute atomic E-state index is 13.8. The van der Waals surface area contributed by atoms with E-state index in [9.17, 15) is 9.18 Å². The number of amides is 1.